The summed E-state index contributed by atoms with van der Waals surface area (Å²) in [5.74, 6) is -0.277. The molecule has 0 radical (unpaired) electrons. The molecule has 0 atom stereocenters. The van der Waals surface area contributed by atoms with Crippen LogP contribution in [0.4, 0.5) is 0 Å². The first-order chi connectivity index (χ1) is 8.72. The van der Waals surface area contributed by atoms with Crippen LogP contribution in [0.3, 0.4) is 0 Å². The molecular weight excluding hydrogens is 228 g/mol. The molecule has 3 heteroatoms. The first-order valence-corrected chi connectivity index (χ1v) is 6.14. The minimum absolute atomic E-state index is 0.136. The van der Waals surface area contributed by atoms with Crippen LogP contribution < -0.4 is 0 Å². The summed E-state index contributed by atoms with van der Waals surface area (Å²) in [4.78, 5) is 22.5. The van der Waals surface area contributed by atoms with Gasteiger partial charge in [-0.3, -0.25) is 4.79 Å². The monoisotopic (exact) mass is 246 g/mol. The van der Waals surface area contributed by atoms with Gasteiger partial charge in [-0.05, 0) is 18.1 Å². The summed E-state index contributed by atoms with van der Waals surface area (Å²) in [6.07, 6.45) is 4.76. The van der Waals surface area contributed by atoms with Gasteiger partial charge in [0.05, 0.1) is 6.61 Å². The molecule has 0 aromatic heterocycles. The fraction of sp³-hybridized carbons (Fsp3) is 0.333. The molecule has 1 aromatic carbocycles. The standard InChI is InChI=1S/C15H18O3/c1-2-6-14(16)11-12-18-15(17)10-9-13-7-4-3-5-8-13/h3-5,7-10H,2,6,11-12H2,1H3. The summed E-state index contributed by atoms with van der Waals surface area (Å²) >= 11 is 0. The van der Waals surface area contributed by atoms with E-state index in [1.165, 1.54) is 6.08 Å². The number of Topliss-reactive ketones (excluding diaryl/α,β-unsaturated/α-hetero) is 1. The van der Waals surface area contributed by atoms with Gasteiger partial charge < -0.3 is 4.74 Å². The van der Waals surface area contributed by atoms with Gasteiger partial charge in [-0.15, -0.1) is 0 Å². The summed E-state index contributed by atoms with van der Waals surface area (Å²) < 4.78 is 4.93. The van der Waals surface area contributed by atoms with E-state index in [9.17, 15) is 9.59 Å². The van der Waals surface area contributed by atoms with E-state index in [4.69, 9.17) is 4.74 Å². The van der Waals surface area contributed by atoms with Gasteiger partial charge >= 0.3 is 5.97 Å². The van der Waals surface area contributed by atoms with Gasteiger partial charge in [0, 0.05) is 18.9 Å². The number of hydrogen-bond donors (Lipinski definition) is 0. The first-order valence-electron chi connectivity index (χ1n) is 6.14. The van der Waals surface area contributed by atoms with Crippen molar-refractivity contribution in [1.29, 1.82) is 0 Å². The second kappa shape index (κ2) is 8.23. The maximum absolute atomic E-state index is 11.3. The number of hydrogen-bond acceptors (Lipinski definition) is 3. The van der Waals surface area contributed by atoms with Gasteiger partial charge in [0.25, 0.3) is 0 Å². The third kappa shape index (κ3) is 5.99. The highest BCUT2D eigenvalue weighted by molar-refractivity contribution is 5.87. The molecule has 0 saturated heterocycles. The van der Waals surface area contributed by atoms with Gasteiger partial charge in [-0.25, -0.2) is 4.79 Å². The van der Waals surface area contributed by atoms with Crippen molar-refractivity contribution in [3.63, 3.8) is 0 Å². The average molecular weight is 246 g/mol. The van der Waals surface area contributed by atoms with E-state index in [-0.39, 0.29) is 12.4 Å². The zero-order valence-electron chi connectivity index (χ0n) is 10.6. The fourth-order valence-electron chi connectivity index (χ4n) is 1.45. The second-order valence-electron chi connectivity index (χ2n) is 3.95. The van der Waals surface area contributed by atoms with Crippen LogP contribution in [0.1, 0.15) is 31.7 Å². The van der Waals surface area contributed by atoms with Gasteiger partial charge in [0.15, 0.2) is 0 Å². The van der Waals surface area contributed by atoms with Crippen LogP contribution in [0.15, 0.2) is 36.4 Å². The predicted molar refractivity (Wildman–Crippen MR) is 71.0 cm³/mol. The summed E-state index contributed by atoms with van der Waals surface area (Å²) in [7, 11) is 0. The van der Waals surface area contributed by atoms with Crippen LogP contribution in [-0.4, -0.2) is 18.4 Å². The lowest BCUT2D eigenvalue weighted by Crippen LogP contribution is -2.07. The largest absolute Gasteiger partial charge is 0.462 e. The molecule has 0 heterocycles. The molecule has 0 saturated carbocycles. The molecule has 0 aliphatic rings. The fourth-order valence-corrected chi connectivity index (χ4v) is 1.45. The number of esters is 1. The number of ketones is 1. The van der Waals surface area contributed by atoms with Crippen molar-refractivity contribution < 1.29 is 14.3 Å². The molecule has 0 aliphatic heterocycles. The molecule has 0 spiro atoms. The third-order valence-corrected chi connectivity index (χ3v) is 2.37. The highest BCUT2D eigenvalue weighted by atomic mass is 16.5. The summed E-state index contributed by atoms with van der Waals surface area (Å²) in [6, 6.07) is 9.50. The Morgan fingerprint density at radius 3 is 2.56 bits per heavy atom. The van der Waals surface area contributed by atoms with Crippen molar-refractivity contribution >= 4 is 17.8 Å². The minimum Gasteiger partial charge on any atom is -0.462 e. The SMILES string of the molecule is CCCC(=O)CCOC(=O)C=Cc1ccccc1. The molecule has 1 rings (SSSR count). The van der Waals surface area contributed by atoms with Crippen molar-refractivity contribution in [1.82, 2.24) is 0 Å². The van der Waals surface area contributed by atoms with Crippen molar-refractivity contribution in [2.45, 2.75) is 26.2 Å². The lowest BCUT2D eigenvalue weighted by atomic mass is 10.2. The lowest BCUT2D eigenvalue weighted by Gasteiger charge is -2.00. The molecular formula is C15H18O3. The number of rotatable bonds is 7. The normalized spacial score (nSPS) is 10.5. The van der Waals surface area contributed by atoms with Crippen LogP contribution in [0.25, 0.3) is 6.08 Å². The molecule has 0 fully saturated rings. The van der Waals surface area contributed by atoms with E-state index >= 15 is 0 Å². The topological polar surface area (TPSA) is 43.4 Å². The van der Waals surface area contributed by atoms with Crippen LogP contribution in [-0.2, 0) is 14.3 Å². The lowest BCUT2D eigenvalue weighted by molar-refractivity contribution is -0.138. The Balaban J connectivity index is 2.26. The van der Waals surface area contributed by atoms with Crippen LogP contribution in [0, 0.1) is 0 Å². The molecule has 0 aliphatic carbocycles. The molecule has 3 nitrogen and oxygen atoms in total. The zero-order chi connectivity index (χ0) is 13.2. The van der Waals surface area contributed by atoms with Gasteiger partial charge in [-0.2, -0.15) is 0 Å². The summed E-state index contributed by atoms with van der Waals surface area (Å²) in [5, 5.41) is 0. The van der Waals surface area contributed by atoms with E-state index in [0.29, 0.717) is 12.8 Å². The van der Waals surface area contributed by atoms with Crippen molar-refractivity contribution in [3.05, 3.63) is 42.0 Å². The van der Waals surface area contributed by atoms with Crippen LogP contribution in [0.5, 0.6) is 0 Å². The average Bonchev–Trinajstić information content (AvgIpc) is 2.38. The Hall–Kier alpha value is -1.90. The highest BCUT2D eigenvalue weighted by Gasteiger charge is 2.02. The van der Waals surface area contributed by atoms with Crippen molar-refractivity contribution in [3.8, 4) is 0 Å². The van der Waals surface area contributed by atoms with E-state index < -0.39 is 5.97 Å². The molecule has 0 amide bonds. The van der Waals surface area contributed by atoms with Crippen molar-refractivity contribution in [2.24, 2.45) is 0 Å². The van der Waals surface area contributed by atoms with Gasteiger partial charge in [0.2, 0.25) is 0 Å². The van der Waals surface area contributed by atoms with E-state index in [0.717, 1.165) is 12.0 Å². The smallest absolute Gasteiger partial charge is 0.330 e. The van der Waals surface area contributed by atoms with Gasteiger partial charge in [0.1, 0.15) is 5.78 Å². The number of carbonyl (C=O) groups excluding carboxylic acids is 2. The Morgan fingerprint density at radius 1 is 1.17 bits per heavy atom. The zero-order valence-corrected chi connectivity index (χ0v) is 10.6. The molecule has 18 heavy (non-hydrogen) atoms. The summed E-state index contributed by atoms with van der Waals surface area (Å²) in [6.45, 7) is 2.11. The number of ether oxygens (including phenoxy) is 1. The Labute approximate surface area is 107 Å². The first kappa shape index (κ1) is 14.2. The maximum Gasteiger partial charge on any atom is 0.330 e. The Kier molecular flexibility index (Phi) is 6.47. The summed E-state index contributed by atoms with van der Waals surface area (Å²) in [5.41, 5.74) is 0.941. The van der Waals surface area contributed by atoms with E-state index in [2.05, 4.69) is 0 Å². The molecule has 0 unspecified atom stereocenters. The second-order valence-corrected chi connectivity index (χ2v) is 3.95. The van der Waals surface area contributed by atoms with E-state index in [1.807, 2.05) is 37.3 Å². The maximum atomic E-state index is 11.3. The Bertz CT molecular complexity index is 407. The predicted octanol–water partition coefficient (Wildman–Crippen LogP) is 3.00. The number of carbonyl (C=O) groups is 2. The Morgan fingerprint density at radius 2 is 1.89 bits per heavy atom. The van der Waals surface area contributed by atoms with Crippen LogP contribution in [0.2, 0.25) is 0 Å². The van der Waals surface area contributed by atoms with E-state index in [1.54, 1.807) is 6.08 Å². The van der Waals surface area contributed by atoms with Crippen molar-refractivity contribution in [2.75, 3.05) is 6.61 Å². The molecule has 0 bridgehead atoms. The minimum atomic E-state index is -0.414. The highest BCUT2D eigenvalue weighted by Crippen LogP contribution is 2.01. The number of benzene rings is 1. The molecule has 1 aromatic rings. The van der Waals surface area contributed by atoms with Crippen LogP contribution >= 0.6 is 0 Å². The third-order valence-electron chi connectivity index (χ3n) is 2.37. The quantitative estimate of drug-likeness (QED) is 0.548. The molecule has 0 N–H and O–H groups in total. The van der Waals surface area contributed by atoms with Gasteiger partial charge in [-0.1, -0.05) is 37.3 Å². The molecule has 96 valence electrons.